The number of carbonyl (C=O) groups is 1. The van der Waals surface area contributed by atoms with Crippen molar-refractivity contribution in [2.24, 2.45) is 0 Å². The molecule has 0 aliphatic carbocycles. The van der Waals surface area contributed by atoms with E-state index in [1.807, 2.05) is 6.92 Å². The number of hydrogen-bond acceptors (Lipinski definition) is 3. The number of ether oxygens (including phenoxy) is 1. The quantitative estimate of drug-likeness (QED) is 0.838. The first-order valence-corrected chi connectivity index (χ1v) is 6.98. The molecule has 0 fully saturated rings. The van der Waals surface area contributed by atoms with Crippen molar-refractivity contribution < 1.29 is 9.53 Å². The fourth-order valence-corrected chi connectivity index (χ4v) is 2.05. The van der Waals surface area contributed by atoms with Gasteiger partial charge in [-0.15, -0.1) is 0 Å². The highest BCUT2D eigenvalue weighted by Crippen LogP contribution is 2.25. The predicted molar refractivity (Wildman–Crippen MR) is 84.1 cm³/mol. The first kappa shape index (κ1) is 14.4. The Hall–Kier alpha value is -2.01. The van der Waals surface area contributed by atoms with Gasteiger partial charge in [0.15, 0.2) is 0 Å². The molecule has 0 spiro atoms. The fourth-order valence-electron chi connectivity index (χ4n) is 1.70. The van der Waals surface area contributed by atoms with Gasteiger partial charge in [-0.05, 0) is 65.3 Å². The lowest BCUT2D eigenvalue weighted by Gasteiger charge is -2.09. The van der Waals surface area contributed by atoms with Gasteiger partial charge < -0.3 is 15.8 Å². The summed E-state index contributed by atoms with van der Waals surface area (Å²) >= 11 is 3.37. The van der Waals surface area contributed by atoms with Crippen LogP contribution in [0.25, 0.3) is 0 Å². The fraction of sp³-hybridized carbons (Fsp3) is 0.133. The van der Waals surface area contributed by atoms with Crippen LogP contribution in [-0.4, -0.2) is 12.5 Å². The van der Waals surface area contributed by atoms with Gasteiger partial charge in [0.05, 0.1) is 12.3 Å². The summed E-state index contributed by atoms with van der Waals surface area (Å²) in [6, 6.07) is 12.2. The van der Waals surface area contributed by atoms with Crippen LogP contribution in [0.1, 0.15) is 17.3 Å². The minimum atomic E-state index is -0.195. The molecule has 3 N–H and O–H groups in total. The van der Waals surface area contributed by atoms with Gasteiger partial charge in [0, 0.05) is 15.7 Å². The van der Waals surface area contributed by atoms with Gasteiger partial charge >= 0.3 is 0 Å². The van der Waals surface area contributed by atoms with Crippen LogP contribution in [0.15, 0.2) is 46.9 Å². The molecule has 0 aliphatic heterocycles. The maximum Gasteiger partial charge on any atom is 0.255 e. The van der Waals surface area contributed by atoms with E-state index in [-0.39, 0.29) is 5.91 Å². The summed E-state index contributed by atoms with van der Waals surface area (Å²) in [5.41, 5.74) is 7.50. The average molecular weight is 335 g/mol. The van der Waals surface area contributed by atoms with E-state index in [1.165, 1.54) is 0 Å². The Morgan fingerprint density at radius 3 is 2.60 bits per heavy atom. The smallest absolute Gasteiger partial charge is 0.255 e. The van der Waals surface area contributed by atoms with E-state index in [0.717, 1.165) is 10.2 Å². The molecule has 0 radical (unpaired) electrons. The van der Waals surface area contributed by atoms with Crippen LogP contribution in [0, 0.1) is 0 Å². The molecule has 0 aromatic heterocycles. The van der Waals surface area contributed by atoms with Crippen molar-refractivity contribution in [2.75, 3.05) is 17.7 Å². The monoisotopic (exact) mass is 334 g/mol. The van der Waals surface area contributed by atoms with Crippen molar-refractivity contribution in [1.82, 2.24) is 0 Å². The summed E-state index contributed by atoms with van der Waals surface area (Å²) in [6.07, 6.45) is 0. The molecule has 104 valence electrons. The van der Waals surface area contributed by atoms with E-state index in [1.54, 1.807) is 42.5 Å². The number of anilines is 2. The number of nitrogens with one attached hydrogen (secondary N) is 1. The summed E-state index contributed by atoms with van der Waals surface area (Å²) in [4.78, 5) is 12.1. The second-order valence-electron chi connectivity index (χ2n) is 4.15. The molecule has 0 saturated heterocycles. The average Bonchev–Trinajstić information content (AvgIpc) is 2.44. The normalized spacial score (nSPS) is 10.1. The van der Waals surface area contributed by atoms with E-state index < -0.39 is 0 Å². The standard InChI is InChI=1S/C15H15BrN2O2/c1-2-20-12-6-3-10(4-7-12)15(19)18-14-9-11(17)5-8-13(14)16/h3-9H,2,17H2,1H3,(H,18,19). The highest BCUT2D eigenvalue weighted by molar-refractivity contribution is 9.10. The van der Waals surface area contributed by atoms with Gasteiger partial charge in [0.1, 0.15) is 5.75 Å². The van der Waals surface area contributed by atoms with Gasteiger partial charge in [-0.1, -0.05) is 0 Å². The molecule has 2 aromatic carbocycles. The van der Waals surface area contributed by atoms with Gasteiger partial charge in [-0.25, -0.2) is 0 Å². The number of carbonyl (C=O) groups excluding carboxylic acids is 1. The summed E-state index contributed by atoms with van der Waals surface area (Å²) in [7, 11) is 0. The number of amides is 1. The third-order valence-corrected chi connectivity index (χ3v) is 3.36. The maximum absolute atomic E-state index is 12.1. The van der Waals surface area contributed by atoms with Crippen LogP contribution < -0.4 is 15.8 Å². The van der Waals surface area contributed by atoms with Crippen molar-refractivity contribution in [2.45, 2.75) is 6.92 Å². The topological polar surface area (TPSA) is 64.3 Å². The lowest BCUT2D eigenvalue weighted by Crippen LogP contribution is -2.12. The second kappa shape index (κ2) is 6.43. The zero-order valence-electron chi connectivity index (χ0n) is 11.0. The number of halogens is 1. The van der Waals surface area contributed by atoms with E-state index >= 15 is 0 Å². The number of benzene rings is 2. The molecule has 2 aromatic rings. The van der Waals surface area contributed by atoms with Crippen LogP contribution in [0.4, 0.5) is 11.4 Å². The molecule has 0 aliphatic rings. The highest BCUT2D eigenvalue weighted by atomic mass is 79.9. The Labute approximate surface area is 126 Å². The lowest BCUT2D eigenvalue weighted by molar-refractivity contribution is 0.102. The zero-order chi connectivity index (χ0) is 14.5. The molecule has 0 heterocycles. The molecule has 0 atom stereocenters. The molecule has 5 heteroatoms. The third-order valence-electron chi connectivity index (χ3n) is 2.67. The molecular formula is C15H15BrN2O2. The summed E-state index contributed by atoms with van der Waals surface area (Å²) in [5.74, 6) is 0.550. The predicted octanol–water partition coefficient (Wildman–Crippen LogP) is 3.68. The Morgan fingerprint density at radius 2 is 1.95 bits per heavy atom. The van der Waals surface area contributed by atoms with Crippen LogP contribution in [-0.2, 0) is 0 Å². The summed E-state index contributed by atoms with van der Waals surface area (Å²) in [5, 5.41) is 2.81. The van der Waals surface area contributed by atoms with Crippen molar-refractivity contribution in [3.63, 3.8) is 0 Å². The van der Waals surface area contributed by atoms with Crippen LogP contribution in [0.2, 0.25) is 0 Å². The number of nitrogens with two attached hydrogens (primary N) is 1. The Morgan fingerprint density at radius 1 is 1.25 bits per heavy atom. The van der Waals surface area contributed by atoms with Crippen LogP contribution in [0.5, 0.6) is 5.75 Å². The molecule has 0 bridgehead atoms. The Bertz CT molecular complexity index is 612. The van der Waals surface area contributed by atoms with Gasteiger partial charge in [-0.2, -0.15) is 0 Å². The van der Waals surface area contributed by atoms with Crippen LogP contribution >= 0.6 is 15.9 Å². The molecular weight excluding hydrogens is 320 g/mol. The first-order valence-electron chi connectivity index (χ1n) is 6.19. The van der Waals surface area contributed by atoms with Crippen molar-refractivity contribution in [3.05, 3.63) is 52.5 Å². The first-order chi connectivity index (χ1) is 9.60. The summed E-state index contributed by atoms with van der Waals surface area (Å²) < 4.78 is 6.12. The molecule has 2 rings (SSSR count). The van der Waals surface area contributed by atoms with E-state index in [4.69, 9.17) is 10.5 Å². The minimum Gasteiger partial charge on any atom is -0.494 e. The zero-order valence-corrected chi connectivity index (χ0v) is 12.6. The van der Waals surface area contributed by atoms with E-state index in [0.29, 0.717) is 23.5 Å². The van der Waals surface area contributed by atoms with E-state index in [2.05, 4.69) is 21.2 Å². The minimum absolute atomic E-state index is 0.195. The Balaban J connectivity index is 2.13. The molecule has 4 nitrogen and oxygen atoms in total. The number of nitrogen functional groups attached to an aromatic ring is 1. The van der Waals surface area contributed by atoms with Crippen LogP contribution in [0.3, 0.4) is 0 Å². The SMILES string of the molecule is CCOc1ccc(C(=O)Nc2cc(N)ccc2Br)cc1. The van der Waals surface area contributed by atoms with Gasteiger partial charge in [-0.3, -0.25) is 4.79 Å². The lowest BCUT2D eigenvalue weighted by atomic mass is 10.2. The van der Waals surface area contributed by atoms with Crippen molar-refractivity contribution in [3.8, 4) is 5.75 Å². The second-order valence-corrected chi connectivity index (χ2v) is 5.01. The van der Waals surface area contributed by atoms with Crippen molar-refractivity contribution >= 4 is 33.2 Å². The molecule has 1 amide bonds. The van der Waals surface area contributed by atoms with Gasteiger partial charge in [0.25, 0.3) is 5.91 Å². The third kappa shape index (κ3) is 3.51. The number of rotatable bonds is 4. The largest absolute Gasteiger partial charge is 0.494 e. The van der Waals surface area contributed by atoms with Crippen molar-refractivity contribution in [1.29, 1.82) is 0 Å². The van der Waals surface area contributed by atoms with Gasteiger partial charge in [0.2, 0.25) is 0 Å². The van der Waals surface area contributed by atoms with E-state index in [9.17, 15) is 4.79 Å². The maximum atomic E-state index is 12.1. The Kier molecular flexibility index (Phi) is 4.63. The highest BCUT2D eigenvalue weighted by Gasteiger charge is 2.08. The molecule has 0 saturated carbocycles. The molecule has 20 heavy (non-hydrogen) atoms. The molecule has 0 unspecified atom stereocenters. The summed E-state index contributed by atoms with van der Waals surface area (Å²) in [6.45, 7) is 2.51. The number of hydrogen-bond donors (Lipinski definition) is 2.